The maximum Gasteiger partial charge on any atom is 0.259 e. The summed E-state index contributed by atoms with van der Waals surface area (Å²) in [5.74, 6) is -0.681. The second kappa shape index (κ2) is 7.49. The number of nitrogens with zero attached hydrogens (tertiary/aromatic N) is 3. The van der Waals surface area contributed by atoms with Crippen LogP contribution in [-0.4, -0.2) is 26.2 Å². The van der Waals surface area contributed by atoms with Crippen molar-refractivity contribution in [2.45, 2.75) is 6.92 Å². The lowest BCUT2D eigenvalue weighted by atomic mass is 10.0. The molecule has 0 saturated heterocycles. The van der Waals surface area contributed by atoms with Gasteiger partial charge in [-0.15, -0.1) is 0 Å². The van der Waals surface area contributed by atoms with Crippen LogP contribution in [-0.2, 0) is 0 Å². The van der Waals surface area contributed by atoms with E-state index in [0.29, 0.717) is 33.6 Å². The highest BCUT2D eigenvalue weighted by molar-refractivity contribution is 6.13. The van der Waals surface area contributed by atoms with E-state index in [-0.39, 0.29) is 17.4 Å². The van der Waals surface area contributed by atoms with Crippen molar-refractivity contribution in [2.75, 3.05) is 5.32 Å². The van der Waals surface area contributed by atoms with E-state index in [9.17, 15) is 9.18 Å². The van der Waals surface area contributed by atoms with Gasteiger partial charge in [-0.1, -0.05) is 17.3 Å². The number of benzene rings is 2. The lowest BCUT2D eigenvalue weighted by Crippen LogP contribution is -2.13. The highest BCUT2D eigenvalue weighted by atomic mass is 19.1. The fraction of sp³-hybridized carbons (Fsp3) is 0.0435. The molecule has 0 aliphatic heterocycles. The molecule has 152 valence electrons. The predicted molar refractivity (Wildman–Crippen MR) is 114 cm³/mol. The SMILES string of the molecule is Cc1noc2nc(-c3ccc(F)cc3)cc(C(=O)Nc3cccc(-c4ccn[nH]4)c3)c12. The minimum atomic E-state index is -0.351. The van der Waals surface area contributed by atoms with E-state index in [1.807, 2.05) is 24.3 Å². The molecule has 0 aliphatic rings. The molecule has 0 atom stereocenters. The molecular weight excluding hydrogens is 397 g/mol. The van der Waals surface area contributed by atoms with Crippen LogP contribution in [0.15, 0.2) is 71.4 Å². The Morgan fingerprint density at radius 1 is 1.06 bits per heavy atom. The molecule has 0 aliphatic carbocycles. The minimum Gasteiger partial charge on any atom is -0.335 e. The number of rotatable bonds is 4. The molecule has 5 aromatic rings. The van der Waals surface area contributed by atoms with Gasteiger partial charge in [0.15, 0.2) is 0 Å². The number of hydrogen-bond donors (Lipinski definition) is 2. The number of anilines is 1. The summed E-state index contributed by atoms with van der Waals surface area (Å²) >= 11 is 0. The number of aryl methyl sites for hydroxylation is 1. The number of carbonyl (C=O) groups is 1. The Labute approximate surface area is 175 Å². The number of carbonyl (C=O) groups excluding carboxylic acids is 1. The molecule has 0 fully saturated rings. The van der Waals surface area contributed by atoms with Gasteiger partial charge in [0.05, 0.1) is 28.0 Å². The van der Waals surface area contributed by atoms with Gasteiger partial charge < -0.3 is 9.84 Å². The largest absolute Gasteiger partial charge is 0.335 e. The molecule has 3 aromatic heterocycles. The summed E-state index contributed by atoms with van der Waals surface area (Å²) in [6.07, 6.45) is 1.67. The van der Waals surface area contributed by atoms with Crippen molar-refractivity contribution in [3.63, 3.8) is 0 Å². The number of aromatic amines is 1. The molecule has 0 unspecified atom stereocenters. The second-order valence-electron chi connectivity index (χ2n) is 7.02. The van der Waals surface area contributed by atoms with Crippen molar-refractivity contribution in [1.82, 2.24) is 20.3 Å². The number of pyridine rings is 1. The lowest BCUT2D eigenvalue weighted by molar-refractivity contribution is 0.102. The van der Waals surface area contributed by atoms with Gasteiger partial charge in [0.2, 0.25) is 0 Å². The standard InChI is InChI=1S/C23H16FN5O2/c1-13-21-18(12-20(27-23(21)31-29-13)14-5-7-16(24)8-6-14)22(30)26-17-4-2-3-15(11-17)19-9-10-25-28-19/h2-12H,1H3,(H,25,28)(H,26,30). The first-order chi connectivity index (χ1) is 15.1. The molecule has 2 aromatic carbocycles. The smallest absolute Gasteiger partial charge is 0.259 e. The van der Waals surface area contributed by atoms with Gasteiger partial charge in [-0.3, -0.25) is 9.89 Å². The molecule has 3 heterocycles. The van der Waals surface area contributed by atoms with Crippen molar-refractivity contribution in [3.05, 3.63) is 83.9 Å². The first kappa shape index (κ1) is 18.7. The van der Waals surface area contributed by atoms with Crippen LogP contribution < -0.4 is 5.32 Å². The minimum absolute atomic E-state index is 0.246. The van der Waals surface area contributed by atoms with Crippen molar-refractivity contribution in [2.24, 2.45) is 0 Å². The summed E-state index contributed by atoms with van der Waals surface area (Å²) in [6, 6.07) is 16.8. The molecule has 0 radical (unpaired) electrons. The Bertz CT molecular complexity index is 1390. The number of hydrogen-bond acceptors (Lipinski definition) is 5. The molecule has 7 nitrogen and oxygen atoms in total. The summed E-state index contributed by atoms with van der Waals surface area (Å²) in [4.78, 5) is 17.7. The highest BCUT2D eigenvalue weighted by Crippen LogP contribution is 2.28. The molecule has 8 heteroatoms. The van der Waals surface area contributed by atoms with Crippen molar-refractivity contribution in [3.8, 4) is 22.5 Å². The van der Waals surface area contributed by atoms with E-state index in [1.165, 1.54) is 12.1 Å². The average molecular weight is 413 g/mol. The van der Waals surface area contributed by atoms with Crippen LogP contribution in [0.4, 0.5) is 10.1 Å². The Morgan fingerprint density at radius 3 is 2.68 bits per heavy atom. The van der Waals surface area contributed by atoms with E-state index in [1.54, 1.807) is 37.4 Å². The van der Waals surface area contributed by atoms with Gasteiger partial charge in [0.25, 0.3) is 11.6 Å². The molecule has 31 heavy (non-hydrogen) atoms. The Hall–Kier alpha value is -4.33. The first-order valence-electron chi connectivity index (χ1n) is 9.52. The van der Waals surface area contributed by atoms with Crippen LogP contribution in [0.2, 0.25) is 0 Å². The zero-order valence-corrected chi connectivity index (χ0v) is 16.4. The Balaban J connectivity index is 1.54. The Morgan fingerprint density at radius 2 is 1.90 bits per heavy atom. The molecule has 5 rings (SSSR count). The summed E-state index contributed by atoms with van der Waals surface area (Å²) < 4.78 is 18.6. The molecule has 2 N–H and O–H groups in total. The number of aromatic nitrogens is 4. The van der Waals surface area contributed by atoms with E-state index in [0.717, 1.165) is 11.3 Å². The van der Waals surface area contributed by atoms with E-state index in [2.05, 4.69) is 25.7 Å². The summed E-state index contributed by atoms with van der Waals surface area (Å²) in [5, 5.41) is 14.3. The highest BCUT2D eigenvalue weighted by Gasteiger charge is 2.20. The third-order valence-corrected chi connectivity index (χ3v) is 4.93. The lowest BCUT2D eigenvalue weighted by Gasteiger charge is -2.09. The quantitative estimate of drug-likeness (QED) is 0.433. The zero-order chi connectivity index (χ0) is 21.4. The third-order valence-electron chi connectivity index (χ3n) is 4.93. The van der Waals surface area contributed by atoms with Gasteiger partial charge in [-0.05, 0) is 55.5 Å². The van der Waals surface area contributed by atoms with Crippen LogP contribution in [0, 0.1) is 12.7 Å². The van der Waals surface area contributed by atoms with Gasteiger partial charge in [0.1, 0.15) is 5.82 Å². The molecule has 0 spiro atoms. The van der Waals surface area contributed by atoms with Crippen LogP contribution in [0.5, 0.6) is 0 Å². The topological polar surface area (TPSA) is 96.7 Å². The van der Waals surface area contributed by atoms with E-state index in [4.69, 9.17) is 4.52 Å². The first-order valence-corrected chi connectivity index (χ1v) is 9.52. The maximum absolute atomic E-state index is 13.3. The maximum atomic E-state index is 13.3. The van der Waals surface area contributed by atoms with Crippen molar-refractivity contribution in [1.29, 1.82) is 0 Å². The zero-order valence-electron chi connectivity index (χ0n) is 16.4. The fourth-order valence-corrected chi connectivity index (χ4v) is 3.42. The van der Waals surface area contributed by atoms with Crippen molar-refractivity contribution < 1.29 is 13.7 Å². The van der Waals surface area contributed by atoms with E-state index < -0.39 is 0 Å². The number of fused-ring (bicyclic) bond motifs is 1. The monoisotopic (exact) mass is 413 g/mol. The van der Waals surface area contributed by atoms with Gasteiger partial charge >= 0.3 is 0 Å². The van der Waals surface area contributed by atoms with E-state index >= 15 is 0 Å². The molecular formula is C23H16FN5O2. The Kier molecular flexibility index (Phi) is 4.51. The third kappa shape index (κ3) is 3.55. The van der Waals surface area contributed by atoms with Gasteiger partial charge in [-0.2, -0.15) is 5.10 Å². The van der Waals surface area contributed by atoms with Crippen LogP contribution >= 0.6 is 0 Å². The van der Waals surface area contributed by atoms with Gasteiger partial charge in [-0.25, -0.2) is 9.37 Å². The predicted octanol–water partition coefficient (Wildman–Crippen LogP) is 4.98. The average Bonchev–Trinajstić information content (AvgIpc) is 3.44. The van der Waals surface area contributed by atoms with Crippen LogP contribution in [0.3, 0.4) is 0 Å². The summed E-state index contributed by atoms with van der Waals surface area (Å²) in [6.45, 7) is 1.75. The van der Waals surface area contributed by atoms with Crippen LogP contribution in [0.1, 0.15) is 16.1 Å². The number of halogens is 1. The number of H-pyrrole nitrogens is 1. The summed E-state index contributed by atoms with van der Waals surface area (Å²) in [5.41, 5.74) is 4.68. The molecule has 0 bridgehead atoms. The fourth-order valence-electron chi connectivity index (χ4n) is 3.42. The number of amides is 1. The number of nitrogens with one attached hydrogen (secondary N) is 2. The normalized spacial score (nSPS) is 11.0. The molecule has 0 saturated carbocycles. The molecule has 1 amide bonds. The van der Waals surface area contributed by atoms with Crippen molar-refractivity contribution >= 4 is 22.7 Å². The summed E-state index contributed by atoms with van der Waals surface area (Å²) in [7, 11) is 0. The second-order valence-corrected chi connectivity index (χ2v) is 7.02. The van der Waals surface area contributed by atoms with Gasteiger partial charge in [0, 0.05) is 23.0 Å². The van der Waals surface area contributed by atoms with Crippen LogP contribution in [0.25, 0.3) is 33.6 Å².